The number of aryl methyl sites for hydroxylation is 1. The third-order valence-electron chi connectivity index (χ3n) is 5.77. The van der Waals surface area contributed by atoms with Crippen LogP contribution in [0.15, 0.2) is 71.8 Å². The predicted octanol–water partition coefficient (Wildman–Crippen LogP) is 5.84. The zero-order valence-corrected chi connectivity index (χ0v) is 18.8. The summed E-state index contributed by atoms with van der Waals surface area (Å²) < 4.78 is 2.17. The first-order chi connectivity index (χ1) is 15.3. The van der Waals surface area contributed by atoms with E-state index in [1.807, 2.05) is 44.2 Å². The van der Waals surface area contributed by atoms with Crippen LogP contribution in [0.3, 0.4) is 0 Å². The van der Waals surface area contributed by atoms with E-state index in [2.05, 4.69) is 53.2 Å². The minimum absolute atomic E-state index is 0.0700. The largest absolute Gasteiger partial charge is 0.507 e. The minimum Gasteiger partial charge on any atom is -0.507 e. The van der Waals surface area contributed by atoms with E-state index in [-0.39, 0.29) is 11.3 Å². The fourth-order valence-electron chi connectivity index (χ4n) is 3.95. The van der Waals surface area contributed by atoms with E-state index in [1.165, 1.54) is 5.56 Å². The molecule has 2 N–H and O–H groups in total. The van der Waals surface area contributed by atoms with Crippen molar-refractivity contribution in [3.63, 3.8) is 0 Å². The molecular weight excluding hydrogens is 398 g/mol. The second kappa shape index (κ2) is 8.71. The number of aromatic hydroxyl groups is 1. The van der Waals surface area contributed by atoms with Crippen molar-refractivity contribution in [1.82, 2.24) is 9.99 Å². The van der Waals surface area contributed by atoms with Crippen LogP contribution in [-0.2, 0) is 0 Å². The Hall–Kier alpha value is -3.86. The Morgan fingerprint density at radius 1 is 1.00 bits per heavy atom. The van der Waals surface area contributed by atoms with Crippen molar-refractivity contribution >= 4 is 22.9 Å². The fraction of sp³-hybridized carbons (Fsp3) is 0.185. The van der Waals surface area contributed by atoms with Gasteiger partial charge in [0.1, 0.15) is 5.75 Å². The summed E-state index contributed by atoms with van der Waals surface area (Å²) in [6.07, 6.45) is 1.64. The summed E-state index contributed by atoms with van der Waals surface area (Å²) >= 11 is 0. The maximum atomic E-state index is 12.6. The van der Waals surface area contributed by atoms with Crippen LogP contribution in [0.5, 0.6) is 5.75 Å². The van der Waals surface area contributed by atoms with Crippen molar-refractivity contribution in [1.29, 1.82) is 0 Å². The number of nitrogens with one attached hydrogen (secondary N) is 1. The van der Waals surface area contributed by atoms with Crippen LogP contribution in [0.4, 0.5) is 0 Å². The van der Waals surface area contributed by atoms with Gasteiger partial charge in [0.15, 0.2) is 0 Å². The van der Waals surface area contributed by atoms with Gasteiger partial charge in [0.25, 0.3) is 5.91 Å². The quantitative estimate of drug-likeness (QED) is 0.312. The van der Waals surface area contributed by atoms with Gasteiger partial charge < -0.3 is 9.67 Å². The molecule has 32 heavy (non-hydrogen) atoms. The standard InChI is InChI=1S/C27H27N3O2/c1-17(2)20-9-11-24(12-10-20)30-18(3)13-23(19(30)4)16-28-29-27(32)25-14-21-7-5-6-8-22(21)15-26(25)31/h5-17,31H,1-4H3,(H,29,32). The molecule has 1 heterocycles. The molecule has 1 amide bonds. The van der Waals surface area contributed by atoms with Crippen molar-refractivity contribution in [2.75, 3.05) is 0 Å². The molecule has 0 radical (unpaired) electrons. The maximum absolute atomic E-state index is 12.6. The zero-order valence-electron chi connectivity index (χ0n) is 18.8. The first-order valence-corrected chi connectivity index (χ1v) is 10.7. The van der Waals surface area contributed by atoms with E-state index in [4.69, 9.17) is 0 Å². The van der Waals surface area contributed by atoms with Crippen LogP contribution in [0, 0.1) is 13.8 Å². The summed E-state index contributed by atoms with van der Waals surface area (Å²) in [5.74, 6) is -0.0359. The van der Waals surface area contributed by atoms with Crippen molar-refractivity contribution in [2.24, 2.45) is 5.10 Å². The molecular formula is C27H27N3O2. The second-order valence-electron chi connectivity index (χ2n) is 8.32. The van der Waals surface area contributed by atoms with E-state index in [1.54, 1.807) is 18.3 Å². The van der Waals surface area contributed by atoms with Crippen LogP contribution in [0.2, 0.25) is 0 Å². The van der Waals surface area contributed by atoms with Gasteiger partial charge in [-0.25, -0.2) is 5.43 Å². The third-order valence-corrected chi connectivity index (χ3v) is 5.77. The van der Waals surface area contributed by atoms with Gasteiger partial charge >= 0.3 is 0 Å². The number of rotatable bonds is 5. The SMILES string of the molecule is Cc1cc(C=NNC(=O)c2cc3ccccc3cc2O)c(C)n1-c1ccc(C(C)C)cc1. The second-order valence-corrected chi connectivity index (χ2v) is 8.32. The monoisotopic (exact) mass is 425 g/mol. The molecule has 0 aliphatic rings. The van der Waals surface area contributed by atoms with E-state index >= 15 is 0 Å². The summed E-state index contributed by atoms with van der Waals surface area (Å²) in [6.45, 7) is 8.44. The molecule has 5 nitrogen and oxygen atoms in total. The van der Waals surface area contributed by atoms with Gasteiger partial charge in [-0.2, -0.15) is 5.10 Å². The number of nitrogens with zero attached hydrogens (tertiary/aromatic N) is 2. The Morgan fingerprint density at radius 2 is 1.66 bits per heavy atom. The van der Waals surface area contributed by atoms with Gasteiger partial charge in [-0.1, -0.05) is 50.2 Å². The molecule has 0 atom stereocenters. The molecule has 0 aliphatic heterocycles. The van der Waals surface area contributed by atoms with E-state index in [0.717, 1.165) is 33.4 Å². The highest BCUT2D eigenvalue weighted by Crippen LogP contribution is 2.25. The number of carbonyl (C=O) groups is 1. The number of carbonyl (C=O) groups excluding carboxylic acids is 1. The molecule has 3 aromatic carbocycles. The lowest BCUT2D eigenvalue weighted by molar-refractivity contribution is 0.0952. The normalized spacial score (nSPS) is 11.5. The highest BCUT2D eigenvalue weighted by molar-refractivity contribution is 6.01. The molecule has 0 fully saturated rings. The van der Waals surface area contributed by atoms with Gasteiger partial charge in [0.05, 0.1) is 11.8 Å². The Balaban J connectivity index is 1.54. The van der Waals surface area contributed by atoms with Crippen LogP contribution >= 0.6 is 0 Å². The lowest BCUT2D eigenvalue weighted by Gasteiger charge is -2.12. The number of aromatic nitrogens is 1. The van der Waals surface area contributed by atoms with Gasteiger partial charge in [-0.15, -0.1) is 0 Å². The molecule has 0 saturated carbocycles. The van der Waals surface area contributed by atoms with Crippen molar-refractivity contribution in [3.05, 3.63) is 94.8 Å². The van der Waals surface area contributed by atoms with Gasteiger partial charge in [-0.3, -0.25) is 4.79 Å². The molecule has 0 spiro atoms. The van der Waals surface area contributed by atoms with Crippen molar-refractivity contribution in [2.45, 2.75) is 33.6 Å². The first-order valence-electron chi connectivity index (χ1n) is 10.7. The number of fused-ring (bicyclic) bond motifs is 1. The maximum Gasteiger partial charge on any atom is 0.275 e. The molecule has 4 aromatic rings. The van der Waals surface area contributed by atoms with E-state index in [9.17, 15) is 9.90 Å². The van der Waals surface area contributed by atoms with E-state index < -0.39 is 5.91 Å². The van der Waals surface area contributed by atoms with Gasteiger partial charge in [0.2, 0.25) is 0 Å². The summed E-state index contributed by atoms with van der Waals surface area (Å²) in [5.41, 5.74) is 8.15. The van der Waals surface area contributed by atoms with Crippen molar-refractivity contribution in [3.8, 4) is 11.4 Å². The number of hydrogen-bond acceptors (Lipinski definition) is 3. The average Bonchev–Trinajstić information content (AvgIpc) is 3.06. The lowest BCUT2D eigenvalue weighted by Crippen LogP contribution is -2.17. The number of phenolic OH excluding ortho intramolecular Hbond substituents is 1. The van der Waals surface area contributed by atoms with Crippen LogP contribution in [0.1, 0.15) is 52.6 Å². The lowest BCUT2D eigenvalue weighted by atomic mass is 10.0. The smallest absolute Gasteiger partial charge is 0.275 e. The molecule has 0 unspecified atom stereocenters. The Labute approximate surface area is 188 Å². The first kappa shape index (κ1) is 21.4. The number of amides is 1. The van der Waals surface area contributed by atoms with Crippen LogP contribution in [0.25, 0.3) is 16.5 Å². The van der Waals surface area contributed by atoms with Crippen molar-refractivity contribution < 1.29 is 9.90 Å². The highest BCUT2D eigenvalue weighted by atomic mass is 16.3. The van der Waals surface area contributed by atoms with Crippen LogP contribution in [-0.4, -0.2) is 21.8 Å². The summed E-state index contributed by atoms with van der Waals surface area (Å²) in [5, 5.41) is 16.1. The molecule has 0 aliphatic carbocycles. The molecule has 0 saturated heterocycles. The van der Waals surface area contributed by atoms with Gasteiger partial charge in [0, 0.05) is 22.6 Å². The van der Waals surface area contributed by atoms with E-state index in [0.29, 0.717) is 5.92 Å². The number of hydrogen-bond donors (Lipinski definition) is 2. The third kappa shape index (κ3) is 4.14. The molecule has 1 aromatic heterocycles. The minimum atomic E-state index is -0.456. The molecule has 4 rings (SSSR count). The zero-order chi connectivity index (χ0) is 22.8. The molecule has 5 heteroatoms. The number of benzene rings is 3. The topological polar surface area (TPSA) is 66.6 Å². The fourth-order valence-corrected chi connectivity index (χ4v) is 3.95. The molecule has 0 bridgehead atoms. The van der Waals surface area contributed by atoms with Gasteiger partial charge in [-0.05, 0) is 66.4 Å². The predicted molar refractivity (Wildman–Crippen MR) is 130 cm³/mol. The Morgan fingerprint density at radius 3 is 2.31 bits per heavy atom. The Bertz CT molecular complexity index is 1310. The van der Waals surface area contributed by atoms with Crippen LogP contribution < -0.4 is 5.43 Å². The summed E-state index contributed by atoms with van der Waals surface area (Å²) in [7, 11) is 0. The Kier molecular flexibility index (Phi) is 5.82. The summed E-state index contributed by atoms with van der Waals surface area (Å²) in [4.78, 5) is 12.6. The number of hydrazone groups is 1. The molecule has 162 valence electrons. The highest BCUT2D eigenvalue weighted by Gasteiger charge is 2.13. The number of phenols is 1. The summed E-state index contributed by atoms with van der Waals surface area (Å²) in [6, 6.07) is 21.4. The average molecular weight is 426 g/mol.